The lowest BCUT2D eigenvalue weighted by Crippen LogP contribution is -2.48. The van der Waals surface area contributed by atoms with E-state index in [0.29, 0.717) is 18.1 Å². The molecule has 0 radical (unpaired) electrons. The van der Waals surface area contributed by atoms with E-state index < -0.39 is 0 Å². The summed E-state index contributed by atoms with van der Waals surface area (Å²) in [5.41, 5.74) is 0. The van der Waals surface area contributed by atoms with Crippen LogP contribution in [0.15, 0.2) is 0 Å². The van der Waals surface area contributed by atoms with Crippen molar-refractivity contribution in [3.8, 4) is 0 Å². The number of nitrogens with one attached hydrogen (secondary N) is 1. The Balaban J connectivity index is 2.20. The number of hydrogen-bond donors (Lipinski definition) is 1. The fraction of sp³-hybridized carbons (Fsp3) is 1.00. The van der Waals surface area contributed by atoms with Crippen molar-refractivity contribution in [3.63, 3.8) is 0 Å². The van der Waals surface area contributed by atoms with E-state index in [9.17, 15) is 0 Å². The molecule has 1 rings (SSSR count). The summed E-state index contributed by atoms with van der Waals surface area (Å²) in [5.74, 6) is 0. The van der Waals surface area contributed by atoms with E-state index in [0.717, 1.165) is 12.6 Å². The molecule has 0 aromatic carbocycles. The molecule has 1 fully saturated rings. The van der Waals surface area contributed by atoms with Crippen LogP contribution in [0.3, 0.4) is 0 Å². The Bertz CT molecular complexity index is 222. The summed E-state index contributed by atoms with van der Waals surface area (Å²) in [5, 5.41) is 3.75. The van der Waals surface area contributed by atoms with Gasteiger partial charge in [0.15, 0.2) is 0 Å². The van der Waals surface area contributed by atoms with Gasteiger partial charge >= 0.3 is 0 Å². The molecule has 0 aliphatic carbocycles. The van der Waals surface area contributed by atoms with E-state index in [1.54, 1.807) is 0 Å². The van der Waals surface area contributed by atoms with Crippen molar-refractivity contribution in [3.05, 3.63) is 0 Å². The molecule has 0 bridgehead atoms. The largest absolute Gasteiger partial charge is 0.313 e. The molecule has 0 unspecified atom stereocenters. The highest BCUT2D eigenvalue weighted by molar-refractivity contribution is 4.79. The molecule has 0 aromatic heterocycles. The molecular formula is C16H35N3. The van der Waals surface area contributed by atoms with Gasteiger partial charge in [-0.1, -0.05) is 0 Å². The molecule has 1 saturated heterocycles. The van der Waals surface area contributed by atoms with E-state index in [-0.39, 0.29) is 0 Å². The molecule has 1 aliphatic heterocycles. The van der Waals surface area contributed by atoms with Crippen molar-refractivity contribution in [1.82, 2.24) is 15.1 Å². The number of rotatable bonds is 7. The monoisotopic (exact) mass is 269 g/mol. The van der Waals surface area contributed by atoms with E-state index >= 15 is 0 Å². The third-order valence-electron chi connectivity index (χ3n) is 4.39. The number of nitrogens with zero attached hydrogens (tertiary/aromatic N) is 2. The van der Waals surface area contributed by atoms with E-state index in [1.807, 2.05) is 0 Å². The fourth-order valence-corrected chi connectivity index (χ4v) is 3.13. The van der Waals surface area contributed by atoms with E-state index in [4.69, 9.17) is 0 Å². The summed E-state index contributed by atoms with van der Waals surface area (Å²) in [6, 6.07) is 2.73. The Labute approximate surface area is 120 Å². The maximum absolute atomic E-state index is 3.75. The average molecular weight is 269 g/mol. The van der Waals surface area contributed by atoms with Gasteiger partial charge in [0, 0.05) is 37.3 Å². The molecule has 0 saturated carbocycles. The molecule has 114 valence electrons. The van der Waals surface area contributed by atoms with Gasteiger partial charge < -0.3 is 10.2 Å². The van der Waals surface area contributed by atoms with Gasteiger partial charge in [-0.25, -0.2) is 0 Å². The van der Waals surface area contributed by atoms with E-state index in [2.05, 4.69) is 56.7 Å². The number of likely N-dealkylation sites (tertiary alicyclic amines) is 1. The van der Waals surface area contributed by atoms with Crippen molar-refractivity contribution in [1.29, 1.82) is 0 Å². The fourth-order valence-electron chi connectivity index (χ4n) is 3.13. The first-order chi connectivity index (χ1) is 8.91. The van der Waals surface area contributed by atoms with Crippen LogP contribution in [-0.4, -0.2) is 60.1 Å². The summed E-state index contributed by atoms with van der Waals surface area (Å²) in [6.07, 6.45) is 2.61. The van der Waals surface area contributed by atoms with Crippen molar-refractivity contribution in [2.24, 2.45) is 0 Å². The normalized spacial score (nSPS) is 19.3. The highest BCUT2D eigenvalue weighted by Crippen LogP contribution is 2.13. The lowest BCUT2D eigenvalue weighted by Gasteiger charge is -2.36. The third kappa shape index (κ3) is 5.80. The molecular weight excluding hydrogens is 234 g/mol. The Morgan fingerprint density at radius 3 is 1.95 bits per heavy atom. The minimum absolute atomic E-state index is 0.643. The van der Waals surface area contributed by atoms with Crippen LogP contribution in [0.1, 0.15) is 54.4 Å². The summed E-state index contributed by atoms with van der Waals surface area (Å²) in [6.45, 7) is 18.6. The average Bonchev–Trinajstić information content (AvgIpc) is 2.34. The lowest BCUT2D eigenvalue weighted by atomic mass is 10.0. The molecule has 3 heteroatoms. The van der Waals surface area contributed by atoms with Crippen LogP contribution < -0.4 is 5.32 Å². The first-order valence-electron chi connectivity index (χ1n) is 8.15. The molecule has 1 aliphatic rings. The molecule has 0 aromatic rings. The Morgan fingerprint density at radius 1 is 1.00 bits per heavy atom. The highest BCUT2D eigenvalue weighted by atomic mass is 15.2. The second-order valence-corrected chi connectivity index (χ2v) is 6.78. The van der Waals surface area contributed by atoms with Crippen LogP contribution >= 0.6 is 0 Å². The maximum Gasteiger partial charge on any atom is 0.0112 e. The van der Waals surface area contributed by atoms with Gasteiger partial charge in [0.25, 0.3) is 0 Å². The van der Waals surface area contributed by atoms with Gasteiger partial charge in [-0.2, -0.15) is 0 Å². The van der Waals surface area contributed by atoms with Crippen LogP contribution in [0, 0.1) is 0 Å². The molecule has 0 atom stereocenters. The minimum atomic E-state index is 0.643. The Morgan fingerprint density at radius 2 is 1.53 bits per heavy atom. The quantitative estimate of drug-likeness (QED) is 0.766. The van der Waals surface area contributed by atoms with Crippen molar-refractivity contribution < 1.29 is 0 Å². The SMILES string of the molecule is CC(C)N1CCC(NCCN(C(C)C)C(C)C)CC1. The van der Waals surface area contributed by atoms with Crippen molar-refractivity contribution in [2.75, 3.05) is 26.2 Å². The summed E-state index contributed by atoms with van der Waals surface area (Å²) >= 11 is 0. The molecule has 0 spiro atoms. The van der Waals surface area contributed by atoms with Crippen molar-refractivity contribution in [2.45, 2.75) is 78.6 Å². The molecule has 19 heavy (non-hydrogen) atoms. The topological polar surface area (TPSA) is 18.5 Å². The number of piperidine rings is 1. The first kappa shape index (κ1) is 16.9. The van der Waals surface area contributed by atoms with Gasteiger partial charge in [-0.15, -0.1) is 0 Å². The minimum Gasteiger partial charge on any atom is -0.313 e. The highest BCUT2D eigenvalue weighted by Gasteiger charge is 2.20. The Kier molecular flexibility index (Phi) is 7.33. The van der Waals surface area contributed by atoms with Crippen LogP contribution in [0.4, 0.5) is 0 Å². The zero-order chi connectivity index (χ0) is 14.4. The van der Waals surface area contributed by atoms with Crippen LogP contribution in [-0.2, 0) is 0 Å². The number of hydrogen-bond acceptors (Lipinski definition) is 3. The summed E-state index contributed by atoms with van der Waals surface area (Å²) < 4.78 is 0. The van der Waals surface area contributed by atoms with Gasteiger partial charge in [-0.3, -0.25) is 4.90 Å². The maximum atomic E-state index is 3.75. The van der Waals surface area contributed by atoms with E-state index in [1.165, 1.54) is 32.5 Å². The standard InChI is InChI=1S/C16H35N3/c1-13(2)18-10-7-16(8-11-18)17-9-12-19(14(3)4)15(5)6/h13-17H,7-12H2,1-6H3. The molecule has 3 nitrogen and oxygen atoms in total. The second-order valence-electron chi connectivity index (χ2n) is 6.78. The third-order valence-corrected chi connectivity index (χ3v) is 4.39. The van der Waals surface area contributed by atoms with Crippen LogP contribution in [0.5, 0.6) is 0 Å². The smallest absolute Gasteiger partial charge is 0.0112 e. The first-order valence-corrected chi connectivity index (χ1v) is 8.15. The summed E-state index contributed by atoms with van der Waals surface area (Å²) in [7, 11) is 0. The molecule has 0 amide bonds. The molecule has 1 heterocycles. The zero-order valence-electron chi connectivity index (χ0n) is 13.9. The van der Waals surface area contributed by atoms with Gasteiger partial charge in [-0.05, 0) is 67.5 Å². The molecule has 1 N–H and O–H groups in total. The van der Waals surface area contributed by atoms with Crippen molar-refractivity contribution >= 4 is 0 Å². The van der Waals surface area contributed by atoms with Gasteiger partial charge in [0.1, 0.15) is 0 Å². The lowest BCUT2D eigenvalue weighted by molar-refractivity contribution is 0.148. The zero-order valence-corrected chi connectivity index (χ0v) is 13.9. The van der Waals surface area contributed by atoms with Crippen LogP contribution in [0.2, 0.25) is 0 Å². The van der Waals surface area contributed by atoms with Gasteiger partial charge in [0.05, 0.1) is 0 Å². The predicted molar refractivity (Wildman–Crippen MR) is 84.7 cm³/mol. The van der Waals surface area contributed by atoms with Gasteiger partial charge in [0.2, 0.25) is 0 Å². The second kappa shape index (κ2) is 8.23. The van der Waals surface area contributed by atoms with Crippen LogP contribution in [0.25, 0.3) is 0 Å². The summed E-state index contributed by atoms with van der Waals surface area (Å²) in [4.78, 5) is 5.16. The predicted octanol–water partition coefficient (Wildman–Crippen LogP) is 2.57. The Hall–Kier alpha value is -0.120.